The molecule has 0 aromatic heterocycles. The first kappa shape index (κ1) is 16.8. The molecule has 7 heteroatoms. The lowest BCUT2D eigenvalue weighted by atomic mass is 10.1. The second-order valence-electron chi connectivity index (χ2n) is 5.06. The summed E-state index contributed by atoms with van der Waals surface area (Å²) in [5, 5.41) is 13.9. The molecular weight excluding hydrogens is 320 g/mol. The standard InChI is InChI=1S/C16H15ClN2O4/c1-10(2)23-13-6-4-12(5-7-13)18-16(20)14-9-11(17)3-8-15(14)19(21)22/h3-10H,1-2H3,(H,18,20). The van der Waals surface area contributed by atoms with Gasteiger partial charge in [0.1, 0.15) is 11.3 Å². The first-order chi connectivity index (χ1) is 10.9. The van der Waals surface area contributed by atoms with E-state index in [4.69, 9.17) is 16.3 Å². The number of nitro groups is 1. The highest BCUT2D eigenvalue weighted by Crippen LogP contribution is 2.24. The average molecular weight is 335 g/mol. The van der Waals surface area contributed by atoms with Crippen LogP contribution < -0.4 is 10.1 Å². The van der Waals surface area contributed by atoms with Crippen LogP contribution in [-0.4, -0.2) is 16.9 Å². The van der Waals surface area contributed by atoms with E-state index >= 15 is 0 Å². The minimum absolute atomic E-state index is 0.0459. The largest absolute Gasteiger partial charge is 0.491 e. The normalized spacial score (nSPS) is 10.4. The highest BCUT2D eigenvalue weighted by molar-refractivity contribution is 6.31. The van der Waals surface area contributed by atoms with E-state index in [1.54, 1.807) is 24.3 Å². The van der Waals surface area contributed by atoms with Crippen molar-refractivity contribution in [3.63, 3.8) is 0 Å². The average Bonchev–Trinajstić information content (AvgIpc) is 2.48. The van der Waals surface area contributed by atoms with Gasteiger partial charge < -0.3 is 10.1 Å². The maximum Gasteiger partial charge on any atom is 0.282 e. The van der Waals surface area contributed by atoms with Crippen LogP contribution in [0.1, 0.15) is 24.2 Å². The fourth-order valence-electron chi connectivity index (χ4n) is 1.94. The van der Waals surface area contributed by atoms with Crippen LogP contribution in [0.4, 0.5) is 11.4 Å². The smallest absolute Gasteiger partial charge is 0.282 e. The van der Waals surface area contributed by atoms with Gasteiger partial charge in [-0.1, -0.05) is 11.6 Å². The van der Waals surface area contributed by atoms with Crippen LogP contribution in [-0.2, 0) is 0 Å². The van der Waals surface area contributed by atoms with Gasteiger partial charge in [-0.25, -0.2) is 0 Å². The highest BCUT2D eigenvalue weighted by atomic mass is 35.5. The number of rotatable bonds is 5. The molecule has 120 valence electrons. The molecule has 2 aromatic rings. The lowest BCUT2D eigenvalue weighted by Gasteiger charge is -2.11. The van der Waals surface area contributed by atoms with Crippen LogP contribution in [0.3, 0.4) is 0 Å². The number of amides is 1. The summed E-state index contributed by atoms with van der Waals surface area (Å²) in [5.74, 6) is 0.0727. The van der Waals surface area contributed by atoms with E-state index in [0.717, 1.165) is 0 Å². The van der Waals surface area contributed by atoms with Crippen molar-refractivity contribution in [1.82, 2.24) is 0 Å². The molecule has 0 atom stereocenters. The summed E-state index contributed by atoms with van der Waals surface area (Å²) in [6.07, 6.45) is 0.0459. The Hall–Kier alpha value is -2.60. The molecule has 0 saturated carbocycles. The number of hydrogen-bond acceptors (Lipinski definition) is 4. The van der Waals surface area contributed by atoms with Crippen molar-refractivity contribution in [1.29, 1.82) is 0 Å². The Labute approximate surface area is 138 Å². The number of benzene rings is 2. The van der Waals surface area contributed by atoms with Gasteiger partial charge in [0.25, 0.3) is 11.6 Å². The van der Waals surface area contributed by atoms with E-state index in [1.165, 1.54) is 18.2 Å². The summed E-state index contributed by atoms with van der Waals surface area (Å²) < 4.78 is 5.51. The molecule has 0 saturated heterocycles. The quantitative estimate of drug-likeness (QED) is 0.653. The molecule has 6 nitrogen and oxygen atoms in total. The first-order valence-corrected chi connectivity index (χ1v) is 7.26. The molecule has 0 bridgehead atoms. The van der Waals surface area contributed by atoms with Gasteiger partial charge >= 0.3 is 0 Å². The third-order valence-corrected chi connectivity index (χ3v) is 3.12. The van der Waals surface area contributed by atoms with Gasteiger partial charge in [-0.15, -0.1) is 0 Å². The summed E-state index contributed by atoms with van der Waals surface area (Å²) in [7, 11) is 0. The van der Waals surface area contributed by atoms with Crippen molar-refractivity contribution in [3.8, 4) is 5.75 Å². The van der Waals surface area contributed by atoms with Crippen LogP contribution in [0.2, 0.25) is 5.02 Å². The number of ether oxygens (including phenoxy) is 1. The van der Waals surface area contributed by atoms with Crippen LogP contribution in [0.5, 0.6) is 5.75 Å². The number of anilines is 1. The second kappa shape index (κ2) is 7.11. The molecule has 0 unspecified atom stereocenters. The predicted octanol–water partition coefficient (Wildman–Crippen LogP) is 4.29. The number of carbonyl (C=O) groups is 1. The van der Waals surface area contributed by atoms with Crippen molar-refractivity contribution in [2.24, 2.45) is 0 Å². The number of carbonyl (C=O) groups excluding carboxylic acids is 1. The number of nitrogens with one attached hydrogen (secondary N) is 1. The zero-order valence-electron chi connectivity index (χ0n) is 12.6. The molecule has 23 heavy (non-hydrogen) atoms. The number of halogens is 1. The molecule has 0 aliphatic carbocycles. The summed E-state index contributed by atoms with van der Waals surface area (Å²) in [6, 6.07) is 10.6. The van der Waals surface area contributed by atoms with Crippen LogP contribution in [0, 0.1) is 10.1 Å². The molecule has 0 heterocycles. The van der Waals surface area contributed by atoms with Crippen molar-refractivity contribution < 1.29 is 14.5 Å². The SMILES string of the molecule is CC(C)Oc1ccc(NC(=O)c2cc(Cl)ccc2[N+](=O)[O-])cc1. The predicted molar refractivity (Wildman–Crippen MR) is 88.3 cm³/mol. The van der Waals surface area contributed by atoms with Crippen molar-refractivity contribution in [2.45, 2.75) is 20.0 Å². The summed E-state index contributed by atoms with van der Waals surface area (Å²) in [6.45, 7) is 3.82. The van der Waals surface area contributed by atoms with E-state index in [2.05, 4.69) is 5.32 Å². The van der Waals surface area contributed by atoms with Gasteiger partial charge in [-0.2, -0.15) is 0 Å². The third-order valence-electron chi connectivity index (χ3n) is 2.88. The fourth-order valence-corrected chi connectivity index (χ4v) is 2.11. The van der Waals surface area contributed by atoms with Crippen molar-refractivity contribution >= 4 is 28.9 Å². The van der Waals surface area contributed by atoms with Crippen molar-refractivity contribution in [2.75, 3.05) is 5.32 Å². The Balaban J connectivity index is 2.19. The lowest BCUT2D eigenvalue weighted by molar-refractivity contribution is -0.385. The molecule has 0 aliphatic heterocycles. The molecule has 0 aliphatic rings. The fraction of sp³-hybridized carbons (Fsp3) is 0.188. The van der Waals surface area contributed by atoms with Gasteiger partial charge in [0.15, 0.2) is 0 Å². The maximum absolute atomic E-state index is 12.2. The topological polar surface area (TPSA) is 81.5 Å². The minimum Gasteiger partial charge on any atom is -0.491 e. The van der Waals surface area contributed by atoms with Gasteiger partial charge in [-0.05, 0) is 50.2 Å². The van der Waals surface area contributed by atoms with Gasteiger partial charge in [-0.3, -0.25) is 14.9 Å². The van der Waals surface area contributed by atoms with E-state index in [-0.39, 0.29) is 22.4 Å². The molecule has 2 rings (SSSR count). The lowest BCUT2D eigenvalue weighted by Crippen LogP contribution is -2.14. The maximum atomic E-state index is 12.2. The van der Waals surface area contributed by atoms with Crippen LogP contribution in [0.25, 0.3) is 0 Å². The number of nitro benzene ring substituents is 1. The Bertz CT molecular complexity index is 729. The Morgan fingerprint density at radius 2 is 1.87 bits per heavy atom. The molecule has 0 fully saturated rings. The summed E-state index contributed by atoms with van der Waals surface area (Å²) in [5.41, 5.74) is 0.108. The second-order valence-corrected chi connectivity index (χ2v) is 5.50. The highest BCUT2D eigenvalue weighted by Gasteiger charge is 2.20. The van der Waals surface area contributed by atoms with Crippen molar-refractivity contribution in [3.05, 3.63) is 63.2 Å². The Morgan fingerprint density at radius 3 is 2.43 bits per heavy atom. The van der Waals surface area contributed by atoms with Gasteiger partial charge in [0.2, 0.25) is 0 Å². The molecule has 0 radical (unpaired) electrons. The van der Waals surface area contributed by atoms with E-state index in [1.807, 2.05) is 13.8 Å². The first-order valence-electron chi connectivity index (χ1n) is 6.89. The Kier molecular flexibility index (Phi) is 5.18. The minimum atomic E-state index is -0.620. The Morgan fingerprint density at radius 1 is 1.22 bits per heavy atom. The zero-order valence-corrected chi connectivity index (χ0v) is 13.3. The summed E-state index contributed by atoms with van der Waals surface area (Å²) in [4.78, 5) is 22.6. The molecular formula is C16H15ClN2O4. The number of nitrogens with zero attached hydrogens (tertiary/aromatic N) is 1. The molecule has 2 aromatic carbocycles. The zero-order chi connectivity index (χ0) is 17.0. The van der Waals surface area contributed by atoms with E-state index < -0.39 is 10.8 Å². The van der Waals surface area contributed by atoms with Gasteiger partial charge in [0.05, 0.1) is 11.0 Å². The molecule has 0 spiro atoms. The van der Waals surface area contributed by atoms with Crippen LogP contribution in [0.15, 0.2) is 42.5 Å². The van der Waals surface area contributed by atoms with Crippen LogP contribution >= 0.6 is 11.6 Å². The molecule has 1 N–H and O–H groups in total. The third kappa shape index (κ3) is 4.43. The summed E-state index contributed by atoms with van der Waals surface area (Å²) >= 11 is 5.82. The number of hydrogen-bond donors (Lipinski definition) is 1. The van der Waals surface area contributed by atoms with Gasteiger partial charge in [0, 0.05) is 16.8 Å². The monoisotopic (exact) mass is 334 g/mol. The van der Waals surface area contributed by atoms with E-state index in [9.17, 15) is 14.9 Å². The van der Waals surface area contributed by atoms with E-state index in [0.29, 0.717) is 11.4 Å². The molecule has 1 amide bonds.